The van der Waals surface area contributed by atoms with E-state index in [1.165, 1.54) is 0 Å². The summed E-state index contributed by atoms with van der Waals surface area (Å²) in [5.74, 6) is 2.29. The highest BCUT2D eigenvalue weighted by molar-refractivity contribution is 5.15. The maximum absolute atomic E-state index is 9.50. The second kappa shape index (κ2) is 5.07. The van der Waals surface area contributed by atoms with E-state index < -0.39 is 5.54 Å². The lowest BCUT2D eigenvalue weighted by atomic mass is 9.95. The largest absolute Gasteiger partial charge is 0.301 e. The van der Waals surface area contributed by atoms with Gasteiger partial charge in [0.1, 0.15) is 11.4 Å². The van der Waals surface area contributed by atoms with Crippen molar-refractivity contribution in [2.45, 2.75) is 51.6 Å². The van der Waals surface area contributed by atoms with Gasteiger partial charge >= 0.3 is 0 Å². The predicted molar refractivity (Wildman–Crippen MR) is 68.9 cm³/mol. The van der Waals surface area contributed by atoms with Crippen LogP contribution in [0.4, 0.5) is 0 Å². The topological polar surface area (TPSA) is 66.5 Å². The Kier molecular flexibility index (Phi) is 3.67. The molecule has 1 aromatic heterocycles. The predicted octanol–water partition coefficient (Wildman–Crippen LogP) is 1.29. The van der Waals surface area contributed by atoms with Gasteiger partial charge in [0.25, 0.3) is 0 Å². The Bertz CT molecular complexity index is 454. The molecule has 2 rings (SSSR count). The van der Waals surface area contributed by atoms with Crippen LogP contribution >= 0.6 is 0 Å². The van der Waals surface area contributed by atoms with E-state index in [0.29, 0.717) is 12.5 Å². The molecule has 0 bridgehead atoms. The summed E-state index contributed by atoms with van der Waals surface area (Å²) in [6.45, 7) is 4.72. The Labute approximate surface area is 108 Å². The number of nitrogens with one attached hydrogen (secondary N) is 1. The van der Waals surface area contributed by atoms with Crippen LogP contribution in [0.2, 0.25) is 0 Å². The highest BCUT2D eigenvalue weighted by atomic mass is 15.4. The van der Waals surface area contributed by atoms with Crippen LogP contribution in [-0.2, 0) is 19.4 Å². The van der Waals surface area contributed by atoms with Crippen molar-refractivity contribution >= 4 is 0 Å². The van der Waals surface area contributed by atoms with Gasteiger partial charge in [-0.15, -0.1) is 0 Å². The molecule has 0 radical (unpaired) electrons. The van der Waals surface area contributed by atoms with E-state index in [2.05, 4.69) is 35.3 Å². The zero-order chi connectivity index (χ0) is 13.2. The van der Waals surface area contributed by atoms with Gasteiger partial charge in [-0.25, -0.2) is 9.67 Å². The summed E-state index contributed by atoms with van der Waals surface area (Å²) in [6, 6.07) is 2.45. The van der Waals surface area contributed by atoms with Gasteiger partial charge in [0, 0.05) is 12.8 Å². The van der Waals surface area contributed by atoms with Gasteiger partial charge in [0.2, 0.25) is 0 Å². The highest BCUT2D eigenvalue weighted by Gasteiger charge is 2.45. The van der Waals surface area contributed by atoms with Crippen LogP contribution in [0.15, 0.2) is 0 Å². The average molecular weight is 247 g/mol. The van der Waals surface area contributed by atoms with Crippen LogP contribution in [0.1, 0.15) is 38.3 Å². The van der Waals surface area contributed by atoms with Crippen molar-refractivity contribution in [3.05, 3.63) is 11.6 Å². The van der Waals surface area contributed by atoms with Crippen molar-refractivity contribution in [1.82, 2.24) is 20.1 Å². The van der Waals surface area contributed by atoms with Crippen LogP contribution < -0.4 is 5.32 Å². The van der Waals surface area contributed by atoms with Crippen molar-refractivity contribution in [3.63, 3.8) is 0 Å². The lowest BCUT2D eigenvalue weighted by Crippen LogP contribution is -2.48. The van der Waals surface area contributed by atoms with Crippen molar-refractivity contribution < 1.29 is 0 Å². The fourth-order valence-electron chi connectivity index (χ4n) is 2.37. The number of aryl methyl sites for hydroxylation is 2. The van der Waals surface area contributed by atoms with Gasteiger partial charge < -0.3 is 5.32 Å². The van der Waals surface area contributed by atoms with E-state index in [0.717, 1.165) is 37.3 Å². The van der Waals surface area contributed by atoms with Crippen LogP contribution in [-0.4, -0.2) is 27.4 Å². The lowest BCUT2D eigenvalue weighted by Gasteiger charge is -2.26. The Balaban J connectivity index is 2.26. The van der Waals surface area contributed by atoms with E-state index in [1.54, 1.807) is 0 Å². The zero-order valence-corrected chi connectivity index (χ0v) is 11.4. The van der Waals surface area contributed by atoms with Gasteiger partial charge in [-0.2, -0.15) is 10.4 Å². The van der Waals surface area contributed by atoms with Gasteiger partial charge in [0.05, 0.1) is 12.6 Å². The van der Waals surface area contributed by atoms with E-state index in [4.69, 9.17) is 0 Å². The smallest absolute Gasteiger partial charge is 0.150 e. The summed E-state index contributed by atoms with van der Waals surface area (Å²) in [7, 11) is 1.87. The zero-order valence-electron chi connectivity index (χ0n) is 11.4. The van der Waals surface area contributed by atoms with E-state index in [1.807, 2.05) is 11.7 Å². The molecule has 1 aliphatic rings. The molecule has 1 N–H and O–H groups in total. The monoisotopic (exact) mass is 247 g/mol. The SMILES string of the molecule is CCc1nc(CC)n(CC(C#N)(NC)C2CC2)n1. The number of aromatic nitrogens is 3. The van der Waals surface area contributed by atoms with Crippen LogP contribution in [0.25, 0.3) is 0 Å². The second-order valence-corrected chi connectivity index (χ2v) is 4.92. The van der Waals surface area contributed by atoms with Gasteiger partial charge in [-0.05, 0) is 25.8 Å². The third-order valence-electron chi connectivity index (χ3n) is 3.74. The third kappa shape index (κ3) is 2.25. The first-order valence-corrected chi connectivity index (χ1v) is 6.71. The molecule has 1 saturated carbocycles. The van der Waals surface area contributed by atoms with Crippen LogP contribution in [0.5, 0.6) is 0 Å². The first kappa shape index (κ1) is 13.0. The number of likely N-dealkylation sites (N-methyl/N-ethyl adjacent to an activating group) is 1. The molecular formula is C13H21N5. The summed E-state index contributed by atoms with van der Waals surface area (Å²) >= 11 is 0. The summed E-state index contributed by atoms with van der Waals surface area (Å²) in [5, 5.41) is 17.2. The quantitative estimate of drug-likeness (QED) is 0.822. The minimum atomic E-state index is -0.484. The summed E-state index contributed by atoms with van der Waals surface area (Å²) in [6.07, 6.45) is 3.95. The molecule has 98 valence electrons. The third-order valence-corrected chi connectivity index (χ3v) is 3.74. The number of hydrogen-bond donors (Lipinski definition) is 1. The molecule has 1 fully saturated rings. The van der Waals surface area contributed by atoms with Crippen LogP contribution in [0, 0.1) is 17.2 Å². The lowest BCUT2D eigenvalue weighted by molar-refractivity contribution is 0.320. The molecule has 0 amide bonds. The van der Waals surface area contributed by atoms with E-state index in [-0.39, 0.29) is 0 Å². The summed E-state index contributed by atoms with van der Waals surface area (Å²) < 4.78 is 1.91. The molecule has 0 aromatic carbocycles. The molecule has 1 aromatic rings. The van der Waals surface area contributed by atoms with Gasteiger partial charge in [-0.1, -0.05) is 13.8 Å². The average Bonchev–Trinajstić information content (AvgIpc) is 3.18. The summed E-state index contributed by atoms with van der Waals surface area (Å²) in [4.78, 5) is 4.49. The van der Waals surface area contributed by atoms with E-state index in [9.17, 15) is 5.26 Å². The van der Waals surface area contributed by atoms with Gasteiger partial charge in [0.15, 0.2) is 5.82 Å². The van der Waals surface area contributed by atoms with Crippen LogP contribution in [0.3, 0.4) is 0 Å². The second-order valence-electron chi connectivity index (χ2n) is 4.92. The molecule has 0 spiro atoms. The molecule has 1 heterocycles. The van der Waals surface area contributed by atoms with Crippen molar-refractivity contribution in [3.8, 4) is 6.07 Å². The summed E-state index contributed by atoms with van der Waals surface area (Å²) in [5.41, 5.74) is -0.484. The Hall–Kier alpha value is -1.41. The van der Waals surface area contributed by atoms with Crippen molar-refractivity contribution in [2.75, 3.05) is 7.05 Å². The Morgan fingerprint density at radius 3 is 2.61 bits per heavy atom. The molecule has 1 atom stereocenters. The Morgan fingerprint density at radius 2 is 2.17 bits per heavy atom. The molecule has 1 unspecified atom stereocenters. The fourth-order valence-corrected chi connectivity index (χ4v) is 2.37. The maximum Gasteiger partial charge on any atom is 0.150 e. The molecule has 18 heavy (non-hydrogen) atoms. The first-order valence-electron chi connectivity index (χ1n) is 6.71. The number of hydrogen-bond acceptors (Lipinski definition) is 4. The Morgan fingerprint density at radius 1 is 1.44 bits per heavy atom. The molecule has 5 nitrogen and oxygen atoms in total. The highest BCUT2D eigenvalue weighted by Crippen LogP contribution is 2.40. The molecule has 0 aliphatic heterocycles. The van der Waals surface area contributed by atoms with Gasteiger partial charge in [-0.3, -0.25) is 0 Å². The molecule has 1 aliphatic carbocycles. The minimum Gasteiger partial charge on any atom is -0.301 e. The van der Waals surface area contributed by atoms with E-state index >= 15 is 0 Å². The number of nitrogens with zero attached hydrogens (tertiary/aromatic N) is 4. The standard InChI is InChI=1S/C13H21N5/c1-4-11-16-12(5-2)18(17-11)9-13(8-14,15-3)10-6-7-10/h10,15H,4-7,9H2,1-3H3. The van der Waals surface area contributed by atoms with Crippen molar-refractivity contribution in [1.29, 1.82) is 5.26 Å². The molecule has 0 saturated heterocycles. The minimum absolute atomic E-state index is 0.450. The molecule has 5 heteroatoms. The first-order chi connectivity index (χ1) is 8.69. The molecular weight excluding hydrogens is 226 g/mol. The fraction of sp³-hybridized carbons (Fsp3) is 0.769. The number of nitriles is 1. The number of rotatable bonds is 6. The maximum atomic E-state index is 9.50. The normalized spacial score (nSPS) is 18.3. The van der Waals surface area contributed by atoms with Crippen molar-refractivity contribution in [2.24, 2.45) is 5.92 Å².